The van der Waals surface area contributed by atoms with Gasteiger partial charge in [0.05, 0.1) is 18.2 Å². The predicted molar refractivity (Wildman–Crippen MR) is 71.7 cm³/mol. The lowest BCUT2D eigenvalue weighted by Crippen LogP contribution is -2.44. The van der Waals surface area contributed by atoms with Crippen molar-refractivity contribution in [1.82, 2.24) is 0 Å². The first-order chi connectivity index (χ1) is 7.79. The number of aliphatic hydroxyl groups is 2. The molecule has 1 aromatic carbocycles. The lowest BCUT2D eigenvalue weighted by molar-refractivity contribution is 0.199. The van der Waals surface area contributed by atoms with E-state index >= 15 is 0 Å². The van der Waals surface area contributed by atoms with Gasteiger partial charge in [0.2, 0.25) is 0 Å². The van der Waals surface area contributed by atoms with Gasteiger partial charge in [-0.3, -0.25) is 0 Å². The van der Waals surface area contributed by atoms with E-state index in [1.807, 2.05) is 37.9 Å². The quantitative estimate of drug-likeness (QED) is 0.872. The fourth-order valence-electron chi connectivity index (χ4n) is 1.52. The van der Waals surface area contributed by atoms with E-state index in [2.05, 4.69) is 0 Å². The van der Waals surface area contributed by atoms with E-state index in [9.17, 15) is 10.2 Å². The van der Waals surface area contributed by atoms with Crippen molar-refractivity contribution in [2.45, 2.75) is 32.4 Å². The second kappa shape index (κ2) is 5.25. The molecule has 17 heavy (non-hydrogen) atoms. The number of anilines is 1. The van der Waals surface area contributed by atoms with Gasteiger partial charge in [-0.15, -0.1) is 0 Å². The first-order valence-corrected chi connectivity index (χ1v) is 5.99. The summed E-state index contributed by atoms with van der Waals surface area (Å²) in [6, 6.07) is 5.51. The predicted octanol–water partition coefficient (Wildman–Crippen LogP) is 2.60. The zero-order valence-electron chi connectivity index (χ0n) is 10.7. The molecule has 0 fully saturated rings. The highest BCUT2D eigenvalue weighted by Gasteiger charge is 2.23. The second-order valence-corrected chi connectivity index (χ2v) is 5.32. The van der Waals surface area contributed by atoms with Gasteiger partial charge in [-0.25, -0.2) is 0 Å². The van der Waals surface area contributed by atoms with E-state index in [1.165, 1.54) is 0 Å². The van der Waals surface area contributed by atoms with Crippen molar-refractivity contribution in [3.63, 3.8) is 0 Å². The molecular weight excluding hydrogens is 238 g/mol. The van der Waals surface area contributed by atoms with Crippen molar-refractivity contribution >= 4 is 17.3 Å². The molecule has 0 aliphatic heterocycles. The molecule has 0 heterocycles. The average molecular weight is 258 g/mol. The normalized spacial score (nSPS) is 13.6. The molecule has 2 N–H and O–H groups in total. The van der Waals surface area contributed by atoms with Crippen molar-refractivity contribution < 1.29 is 10.2 Å². The summed E-state index contributed by atoms with van der Waals surface area (Å²) in [7, 11) is 1.91. The van der Waals surface area contributed by atoms with Gasteiger partial charge in [-0.1, -0.05) is 17.7 Å². The molecule has 0 saturated heterocycles. The molecule has 0 aliphatic carbocycles. The molecule has 0 aliphatic rings. The van der Waals surface area contributed by atoms with Gasteiger partial charge in [-0.05, 0) is 38.5 Å². The monoisotopic (exact) mass is 257 g/mol. The van der Waals surface area contributed by atoms with Gasteiger partial charge >= 0.3 is 0 Å². The summed E-state index contributed by atoms with van der Waals surface area (Å²) in [6.07, 6.45) is -0.576. The van der Waals surface area contributed by atoms with Crippen LogP contribution in [0.5, 0.6) is 0 Å². The summed E-state index contributed by atoms with van der Waals surface area (Å²) in [5.74, 6) is 0. The van der Waals surface area contributed by atoms with E-state index in [0.29, 0.717) is 10.6 Å². The molecule has 3 nitrogen and oxygen atoms in total. The van der Waals surface area contributed by atoms with E-state index in [4.69, 9.17) is 11.6 Å². The van der Waals surface area contributed by atoms with Crippen molar-refractivity contribution in [3.05, 3.63) is 28.8 Å². The highest BCUT2D eigenvalue weighted by Crippen LogP contribution is 2.30. The van der Waals surface area contributed by atoms with E-state index in [1.54, 1.807) is 13.0 Å². The van der Waals surface area contributed by atoms with Crippen molar-refractivity contribution in [2.24, 2.45) is 0 Å². The SMILES string of the molecule is CC(O)c1ccc(N(C)C(C)(C)CO)cc1Cl. The van der Waals surface area contributed by atoms with Gasteiger partial charge in [-0.2, -0.15) is 0 Å². The third-order valence-electron chi connectivity index (χ3n) is 3.12. The third-order valence-corrected chi connectivity index (χ3v) is 3.44. The molecule has 0 spiro atoms. The molecule has 96 valence electrons. The summed E-state index contributed by atoms with van der Waals surface area (Å²) in [6.45, 7) is 5.63. The van der Waals surface area contributed by atoms with Gasteiger partial charge in [0, 0.05) is 17.8 Å². The van der Waals surface area contributed by atoms with Gasteiger partial charge in [0.15, 0.2) is 0 Å². The van der Waals surface area contributed by atoms with Crippen molar-refractivity contribution in [2.75, 3.05) is 18.6 Å². The molecule has 1 unspecified atom stereocenters. The van der Waals surface area contributed by atoms with Crippen LogP contribution in [0.15, 0.2) is 18.2 Å². The minimum absolute atomic E-state index is 0.0548. The molecule has 0 aromatic heterocycles. The Labute approximate surface area is 108 Å². The van der Waals surface area contributed by atoms with Crippen LogP contribution in [0.2, 0.25) is 5.02 Å². The zero-order chi connectivity index (χ0) is 13.2. The Morgan fingerprint density at radius 3 is 2.41 bits per heavy atom. The highest BCUT2D eigenvalue weighted by atomic mass is 35.5. The molecule has 0 bridgehead atoms. The van der Waals surface area contributed by atoms with Gasteiger partial charge in [0.25, 0.3) is 0 Å². The second-order valence-electron chi connectivity index (χ2n) is 4.91. The number of nitrogens with zero attached hydrogens (tertiary/aromatic N) is 1. The number of aliphatic hydroxyl groups excluding tert-OH is 2. The fraction of sp³-hybridized carbons (Fsp3) is 0.538. The van der Waals surface area contributed by atoms with Gasteiger partial charge in [0.1, 0.15) is 0 Å². The smallest absolute Gasteiger partial charge is 0.0776 e. The van der Waals surface area contributed by atoms with Crippen LogP contribution in [0.1, 0.15) is 32.4 Å². The number of rotatable bonds is 4. The molecule has 1 atom stereocenters. The summed E-state index contributed by atoms with van der Waals surface area (Å²) in [5, 5.41) is 19.4. The Morgan fingerprint density at radius 1 is 1.41 bits per heavy atom. The van der Waals surface area contributed by atoms with Crippen LogP contribution in [0.25, 0.3) is 0 Å². The molecule has 4 heteroatoms. The lowest BCUT2D eigenvalue weighted by Gasteiger charge is -2.36. The van der Waals surface area contributed by atoms with Crippen molar-refractivity contribution in [3.8, 4) is 0 Å². The first-order valence-electron chi connectivity index (χ1n) is 5.62. The number of hydrogen-bond acceptors (Lipinski definition) is 3. The first kappa shape index (κ1) is 14.3. The topological polar surface area (TPSA) is 43.7 Å². The molecule has 0 radical (unpaired) electrons. The average Bonchev–Trinajstić information content (AvgIpc) is 2.27. The van der Waals surface area contributed by atoms with Crippen LogP contribution in [-0.2, 0) is 0 Å². The van der Waals surface area contributed by atoms with Crippen LogP contribution in [0.3, 0.4) is 0 Å². The molecular formula is C13H20ClNO2. The Hall–Kier alpha value is -0.770. The lowest BCUT2D eigenvalue weighted by atomic mass is 10.0. The Bertz CT molecular complexity index is 391. The molecule has 0 amide bonds. The highest BCUT2D eigenvalue weighted by molar-refractivity contribution is 6.31. The molecule has 1 rings (SSSR count). The summed E-state index contributed by atoms with van der Waals surface area (Å²) in [4.78, 5) is 1.96. The van der Waals surface area contributed by atoms with Crippen molar-refractivity contribution in [1.29, 1.82) is 0 Å². The van der Waals surface area contributed by atoms with E-state index in [-0.39, 0.29) is 12.1 Å². The number of hydrogen-bond donors (Lipinski definition) is 2. The molecule has 1 aromatic rings. The maximum absolute atomic E-state index is 9.50. The fourth-order valence-corrected chi connectivity index (χ4v) is 1.85. The molecule has 0 saturated carbocycles. The number of benzene rings is 1. The third kappa shape index (κ3) is 3.12. The summed E-state index contributed by atoms with van der Waals surface area (Å²) >= 11 is 6.11. The zero-order valence-corrected chi connectivity index (χ0v) is 11.5. The van der Waals surface area contributed by atoms with E-state index in [0.717, 1.165) is 5.69 Å². The summed E-state index contributed by atoms with van der Waals surface area (Å²) < 4.78 is 0. The van der Waals surface area contributed by atoms with Crippen LogP contribution in [0, 0.1) is 0 Å². The van der Waals surface area contributed by atoms with Crippen LogP contribution in [0.4, 0.5) is 5.69 Å². The Kier molecular flexibility index (Phi) is 4.42. The van der Waals surface area contributed by atoms with Crippen LogP contribution < -0.4 is 4.90 Å². The number of likely N-dealkylation sites (N-methyl/N-ethyl adjacent to an activating group) is 1. The largest absolute Gasteiger partial charge is 0.394 e. The number of halogens is 1. The van der Waals surface area contributed by atoms with Crippen LogP contribution in [-0.4, -0.2) is 29.4 Å². The van der Waals surface area contributed by atoms with E-state index < -0.39 is 6.10 Å². The van der Waals surface area contributed by atoms with Crippen LogP contribution >= 0.6 is 11.6 Å². The standard InChI is InChI=1S/C13H20ClNO2/c1-9(17)11-6-5-10(7-12(11)14)15(4)13(2,3)8-16/h5-7,9,16-17H,8H2,1-4H3. The Balaban J connectivity index is 3.06. The maximum atomic E-state index is 9.50. The Morgan fingerprint density at radius 2 is 2.00 bits per heavy atom. The summed E-state index contributed by atoms with van der Waals surface area (Å²) in [5.41, 5.74) is 1.28. The maximum Gasteiger partial charge on any atom is 0.0776 e. The minimum atomic E-state index is -0.576. The minimum Gasteiger partial charge on any atom is -0.394 e. The van der Waals surface area contributed by atoms with Gasteiger partial charge < -0.3 is 15.1 Å².